The molecule has 0 amide bonds. The lowest BCUT2D eigenvalue weighted by molar-refractivity contribution is 0.400. The van der Waals surface area contributed by atoms with Gasteiger partial charge in [-0.15, -0.1) is 5.10 Å². The zero-order valence-corrected chi connectivity index (χ0v) is 13.8. The predicted octanol–water partition coefficient (Wildman–Crippen LogP) is 3.89. The summed E-state index contributed by atoms with van der Waals surface area (Å²) in [5.41, 5.74) is 8.87. The van der Waals surface area contributed by atoms with Crippen LogP contribution < -0.4 is 5.73 Å². The maximum atomic E-state index is 6.07. The first-order valence-corrected chi connectivity index (χ1v) is 8.30. The van der Waals surface area contributed by atoms with Crippen LogP contribution in [0.1, 0.15) is 50.1 Å². The number of nitrogens with two attached hydrogens (primary N) is 1. The minimum atomic E-state index is 0.400. The summed E-state index contributed by atoms with van der Waals surface area (Å²) in [6, 6.07) is 4.36. The Bertz CT molecular complexity index is 629. The summed E-state index contributed by atoms with van der Waals surface area (Å²) >= 11 is 3.51. The van der Waals surface area contributed by atoms with E-state index in [9.17, 15) is 0 Å². The van der Waals surface area contributed by atoms with Crippen molar-refractivity contribution >= 4 is 21.6 Å². The SMILES string of the molecule is Cc1c(N)cc(Br)cc1-c1nnnn1C1CCCCCC1. The number of tetrazole rings is 1. The van der Waals surface area contributed by atoms with Gasteiger partial charge in [0.05, 0.1) is 6.04 Å². The molecule has 2 aromatic rings. The summed E-state index contributed by atoms with van der Waals surface area (Å²) in [6.07, 6.45) is 7.45. The number of nitrogen functional groups attached to an aromatic ring is 1. The van der Waals surface area contributed by atoms with Gasteiger partial charge in [0.2, 0.25) is 0 Å². The maximum Gasteiger partial charge on any atom is 0.182 e. The van der Waals surface area contributed by atoms with Crippen LogP contribution >= 0.6 is 15.9 Å². The van der Waals surface area contributed by atoms with Crippen molar-refractivity contribution in [2.45, 2.75) is 51.5 Å². The normalized spacial score (nSPS) is 16.9. The fourth-order valence-corrected chi connectivity index (χ4v) is 3.53. The first-order valence-electron chi connectivity index (χ1n) is 7.50. The number of nitrogens with zero attached hydrogens (tertiary/aromatic N) is 4. The number of halogens is 1. The highest BCUT2D eigenvalue weighted by Crippen LogP contribution is 2.33. The van der Waals surface area contributed by atoms with Gasteiger partial charge in [-0.2, -0.15) is 0 Å². The molecule has 1 fully saturated rings. The highest BCUT2D eigenvalue weighted by molar-refractivity contribution is 9.10. The highest BCUT2D eigenvalue weighted by Gasteiger charge is 2.21. The third kappa shape index (κ3) is 2.95. The van der Waals surface area contributed by atoms with Crippen molar-refractivity contribution in [3.8, 4) is 11.4 Å². The Balaban J connectivity index is 2.02. The number of rotatable bonds is 2. The van der Waals surface area contributed by atoms with Crippen LogP contribution in [0.15, 0.2) is 16.6 Å². The summed E-state index contributed by atoms with van der Waals surface area (Å²) in [7, 11) is 0. The van der Waals surface area contributed by atoms with Crippen molar-refractivity contribution in [2.75, 3.05) is 5.73 Å². The Hall–Kier alpha value is -1.43. The maximum absolute atomic E-state index is 6.07. The molecule has 2 N–H and O–H groups in total. The molecule has 1 aromatic heterocycles. The minimum Gasteiger partial charge on any atom is -0.398 e. The number of hydrogen-bond donors (Lipinski definition) is 1. The van der Waals surface area contributed by atoms with E-state index in [-0.39, 0.29) is 0 Å². The zero-order valence-electron chi connectivity index (χ0n) is 12.2. The lowest BCUT2D eigenvalue weighted by Crippen LogP contribution is -2.12. The molecule has 0 saturated heterocycles. The van der Waals surface area contributed by atoms with Crippen LogP contribution in [-0.4, -0.2) is 20.2 Å². The molecular weight excluding hydrogens is 330 g/mol. The van der Waals surface area contributed by atoms with Crippen molar-refractivity contribution in [1.29, 1.82) is 0 Å². The second-order valence-corrected chi connectivity index (χ2v) is 6.68. The van der Waals surface area contributed by atoms with E-state index < -0.39 is 0 Å². The van der Waals surface area contributed by atoms with Crippen LogP contribution in [0.4, 0.5) is 5.69 Å². The molecule has 6 heteroatoms. The van der Waals surface area contributed by atoms with Gasteiger partial charge in [-0.1, -0.05) is 41.6 Å². The fraction of sp³-hybridized carbons (Fsp3) is 0.533. The Kier molecular flexibility index (Phi) is 4.24. The van der Waals surface area contributed by atoms with Gasteiger partial charge in [-0.05, 0) is 47.9 Å². The van der Waals surface area contributed by atoms with E-state index in [1.165, 1.54) is 25.7 Å². The average molecular weight is 350 g/mol. The Morgan fingerprint density at radius 2 is 1.90 bits per heavy atom. The molecule has 0 aliphatic heterocycles. The van der Waals surface area contributed by atoms with Gasteiger partial charge in [0.25, 0.3) is 0 Å². The summed E-state index contributed by atoms with van der Waals surface area (Å²) in [5.74, 6) is 0.826. The molecular formula is C15H20BrN5. The summed E-state index contributed by atoms with van der Waals surface area (Å²) in [5, 5.41) is 12.4. The second kappa shape index (κ2) is 6.13. The Morgan fingerprint density at radius 3 is 2.62 bits per heavy atom. The van der Waals surface area contributed by atoms with Crippen molar-refractivity contribution in [1.82, 2.24) is 20.2 Å². The first-order chi connectivity index (χ1) is 10.2. The molecule has 0 atom stereocenters. The summed E-state index contributed by atoms with van der Waals surface area (Å²) in [4.78, 5) is 0. The van der Waals surface area contributed by atoms with E-state index in [1.807, 2.05) is 23.7 Å². The van der Waals surface area contributed by atoms with Gasteiger partial charge >= 0.3 is 0 Å². The number of aromatic nitrogens is 4. The van der Waals surface area contributed by atoms with Crippen LogP contribution in [0.5, 0.6) is 0 Å². The number of anilines is 1. The van der Waals surface area contributed by atoms with E-state index in [0.717, 1.165) is 40.0 Å². The largest absolute Gasteiger partial charge is 0.398 e. The molecule has 112 valence electrons. The Morgan fingerprint density at radius 1 is 1.19 bits per heavy atom. The topological polar surface area (TPSA) is 69.6 Å². The van der Waals surface area contributed by atoms with Gasteiger partial charge in [0.1, 0.15) is 0 Å². The van der Waals surface area contributed by atoms with Gasteiger partial charge < -0.3 is 5.73 Å². The van der Waals surface area contributed by atoms with Crippen LogP contribution in [0.2, 0.25) is 0 Å². The molecule has 1 heterocycles. The smallest absolute Gasteiger partial charge is 0.182 e. The van der Waals surface area contributed by atoms with Crippen LogP contribution in [0.3, 0.4) is 0 Å². The van der Waals surface area contributed by atoms with E-state index in [4.69, 9.17) is 5.73 Å². The predicted molar refractivity (Wildman–Crippen MR) is 86.8 cm³/mol. The van der Waals surface area contributed by atoms with Crippen LogP contribution in [-0.2, 0) is 0 Å². The molecule has 5 nitrogen and oxygen atoms in total. The standard InChI is InChI=1S/C15H20BrN5/c1-10-13(8-11(16)9-14(10)17)15-18-19-20-21(15)12-6-4-2-3-5-7-12/h8-9,12H,2-7,17H2,1H3. The molecule has 1 aliphatic rings. The molecule has 3 rings (SSSR count). The van der Waals surface area contributed by atoms with Gasteiger partial charge in [0, 0.05) is 15.7 Å². The monoisotopic (exact) mass is 349 g/mol. The van der Waals surface area contributed by atoms with Gasteiger partial charge in [-0.3, -0.25) is 0 Å². The Labute approximate surface area is 133 Å². The van der Waals surface area contributed by atoms with Gasteiger partial charge in [0.15, 0.2) is 5.82 Å². The lowest BCUT2D eigenvalue weighted by atomic mass is 10.0. The molecule has 21 heavy (non-hydrogen) atoms. The molecule has 1 aromatic carbocycles. The fourth-order valence-electron chi connectivity index (χ4n) is 3.05. The van der Waals surface area contributed by atoms with Crippen LogP contribution in [0, 0.1) is 6.92 Å². The third-order valence-electron chi connectivity index (χ3n) is 4.32. The quantitative estimate of drug-likeness (QED) is 0.659. The van der Waals surface area contributed by atoms with E-state index >= 15 is 0 Å². The molecule has 0 bridgehead atoms. The molecule has 1 saturated carbocycles. The third-order valence-corrected chi connectivity index (χ3v) is 4.77. The zero-order chi connectivity index (χ0) is 14.8. The van der Waals surface area contributed by atoms with Crippen LogP contribution in [0.25, 0.3) is 11.4 Å². The van der Waals surface area contributed by atoms with Crippen molar-refractivity contribution in [2.24, 2.45) is 0 Å². The minimum absolute atomic E-state index is 0.400. The van der Waals surface area contributed by atoms with Crippen molar-refractivity contribution < 1.29 is 0 Å². The molecule has 1 aliphatic carbocycles. The van der Waals surface area contributed by atoms with E-state index in [0.29, 0.717) is 6.04 Å². The number of benzene rings is 1. The summed E-state index contributed by atoms with van der Waals surface area (Å²) < 4.78 is 2.95. The molecule has 0 radical (unpaired) electrons. The first kappa shape index (κ1) is 14.5. The highest BCUT2D eigenvalue weighted by atomic mass is 79.9. The number of hydrogen-bond acceptors (Lipinski definition) is 4. The lowest BCUT2D eigenvalue weighted by Gasteiger charge is -2.17. The molecule has 0 unspecified atom stereocenters. The average Bonchev–Trinajstić information content (AvgIpc) is 2.78. The van der Waals surface area contributed by atoms with Crippen molar-refractivity contribution in [3.63, 3.8) is 0 Å². The van der Waals surface area contributed by atoms with E-state index in [2.05, 4.69) is 31.5 Å². The molecule has 0 spiro atoms. The second-order valence-electron chi connectivity index (χ2n) is 5.76. The van der Waals surface area contributed by atoms with E-state index in [1.54, 1.807) is 0 Å². The van der Waals surface area contributed by atoms with Gasteiger partial charge in [-0.25, -0.2) is 4.68 Å². The summed E-state index contributed by atoms with van der Waals surface area (Å²) in [6.45, 7) is 2.02. The van der Waals surface area contributed by atoms with Crippen molar-refractivity contribution in [3.05, 3.63) is 22.2 Å².